The lowest BCUT2D eigenvalue weighted by Gasteiger charge is -2.21. The van der Waals surface area contributed by atoms with Gasteiger partial charge in [-0.3, -0.25) is 4.79 Å². The highest BCUT2D eigenvalue weighted by molar-refractivity contribution is 7.88. The molecule has 1 rings (SSSR count). The molecule has 1 amide bonds. The van der Waals surface area contributed by atoms with Gasteiger partial charge in [-0.15, -0.1) is 0 Å². The van der Waals surface area contributed by atoms with Gasteiger partial charge in [0.2, 0.25) is 15.9 Å². The third-order valence-corrected chi connectivity index (χ3v) is 4.76. The Morgan fingerprint density at radius 1 is 1.36 bits per heavy atom. The Labute approximate surface area is 137 Å². The van der Waals surface area contributed by atoms with Crippen LogP contribution in [0.15, 0.2) is 18.2 Å². The topological polar surface area (TPSA) is 66.5 Å². The van der Waals surface area contributed by atoms with Crippen molar-refractivity contribution in [2.24, 2.45) is 5.92 Å². The molecule has 0 aromatic heterocycles. The van der Waals surface area contributed by atoms with Gasteiger partial charge in [-0.05, 0) is 30.5 Å². The van der Waals surface area contributed by atoms with Crippen molar-refractivity contribution in [1.29, 1.82) is 0 Å². The highest BCUT2D eigenvalue weighted by Gasteiger charge is 2.18. The van der Waals surface area contributed by atoms with Crippen LogP contribution in [0.1, 0.15) is 25.8 Å². The molecule has 0 fully saturated rings. The van der Waals surface area contributed by atoms with Gasteiger partial charge in [-0.2, -0.15) is 0 Å². The average molecular weight is 347 g/mol. The second-order valence-electron chi connectivity index (χ2n) is 5.78. The number of hydrogen-bond acceptors (Lipinski definition) is 3. The van der Waals surface area contributed by atoms with Crippen LogP contribution in [0.4, 0.5) is 5.69 Å². The van der Waals surface area contributed by atoms with Gasteiger partial charge in [0.05, 0.1) is 6.26 Å². The van der Waals surface area contributed by atoms with Crippen LogP contribution in [0.2, 0.25) is 5.02 Å². The van der Waals surface area contributed by atoms with Crippen LogP contribution in [0.25, 0.3) is 0 Å². The molecule has 0 aliphatic rings. The third kappa shape index (κ3) is 6.34. The number of sulfonamides is 1. The number of anilines is 1. The molecule has 0 radical (unpaired) electrons. The quantitative estimate of drug-likeness (QED) is 0.825. The molecule has 1 aromatic carbocycles. The fraction of sp³-hybridized carbons (Fsp3) is 0.533. The molecule has 0 bridgehead atoms. The van der Waals surface area contributed by atoms with Gasteiger partial charge in [0, 0.05) is 30.2 Å². The van der Waals surface area contributed by atoms with Crippen LogP contribution < -0.4 is 5.32 Å². The summed E-state index contributed by atoms with van der Waals surface area (Å²) in [5.41, 5.74) is 1.54. The second-order valence-corrected chi connectivity index (χ2v) is 8.17. The summed E-state index contributed by atoms with van der Waals surface area (Å²) in [6.45, 7) is 6.33. The number of hydrogen-bond donors (Lipinski definition) is 1. The van der Waals surface area contributed by atoms with Crippen LogP contribution in [-0.4, -0.2) is 38.0 Å². The molecule has 0 unspecified atom stereocenters. The molecule has 124 valence electrons. The van der Waals surface area contributed by atoms with Gasteiger partial charge >= 0.3 is 0 Å². The lowest BCUT2D eigenvalue weighted by atomic mass is 10.2. The molecule has 0 heterocycles. The average Bonchev–Trinajstić information content (AvgIpc) is 2.37. The van der Waals surface area contributed by atoms with E-state index in [1.54, 1.807) is 12.1 Å². The Bertz CT molecular complexity index is 630. The monoisotopic (exact) mass is 346 g/mol. The van der Waals surface area contributed by atoms with E-state index in [4.69, 9.17) is 11.6 Å². The maximum absolute atomic E-state index is 12.0. The highest BCUT2D eigenvalue weighted by Crippen LogP contribution is 2.20. The zero-order chi connectivity index (χ0) is 16.9. The van der Waals surface area contributed by atoms with Crippen LogP contribution in [0.5, 0.6) is 0 Å². The number of rotatable bonds is 7. The van der Waals surface area contributed by atoms with Crippen LogP contribution >= 0.6 is 11.6 Å². The summed E-state index contributed by atoms with van der Waals surface area (Å²) in [5.74, 6) is -0.0361. The van der Waals surface area contributed by atoms with Gasteiger partial charge in [0.15, 0.2) is 0 Å². The van der Waals surface area contributed by atoms with Gasteiger partial charge in [0.1, 0.15) is 0 Å². The van der Waals surface area contributed by atoms with Crippen LogP contribution in [0.3, 0.4) is 0 Å². The maximum Gasteiger partial charge on any atom is 0.225 e. The largest absolute Gasteiger partial charge is 0.326 e. The molecule has 0 saturated heterocycles. The number of nitrogens with zero attached hydrogens (tertiary/aromatic N) is 1. The van der Waals surface area contributed by atoms with Crippen molar-refractivity contribution < 1.29 is 13.2 Å². The summed E-state index contributed by atoms with van der Waals surface area (Å²) in [5, 5.41) is 3.30. The zero-order valence-corrected chi connectivity index (χ0v) is 15.0. The Hall–Kier alpha value is -1.11. The standard InChI is InChI=1S/C15H23ClN2O3S/c1-11(2)10-18(22(4,20)21)8-7-15(19)17-13-6-5-12(3)14(16)9-13/h5-6,9,11H,7-8,10H2,1-4H3,(H,17,19). The summed E-state index contributed by atoms with van der Waals surface area (Å²) >= 11 is 6.00. The molecule has 0 spiro atoms. The van der Waals surface area contributed by atoms with Gasteiger partial charge < -0.3 is 5.32 Å². The number of carbonyl (C=O) groups is 1. The highest BCUT2D eigenvalue weighted by atomic mass is 35.5. The Balaban J connectivity index is 2.62. The van der Waals surface area contributed by atoms with Gasteiger partial charge in [-0.25, -0.2) is 12.7 Å². The fourth-order valence-electron chi connectivity index (χ4n) is 1.92. The van der Waals surface area contributed by atoms with Crippen molar-refractivity contribution in [2.45, 2.75) is 27.2 Å². The summed E-state index contributed by atoms with van der Waals surface area (Å²) in [6.07, 6.45) is 1.26. The molecule has 0 aliphatic carbocycles. The molecular formula is C15H23ClN2O3S. The summed E-state index contributed by atoms with van der Waals surface area (Å²) < 4.78 is 24.7. The van der Waals surface area contributed by atoms with E-state index < -0.39 is 10.0 Å². The molecular weight excluding hydrogens is 324 g/mol. The number of nitrogens with one attached hydrogen (secondary N) is 1. The van der Waals surface area contributed by atoms with Crippen LogP contribution in [-0.2, 0) is 14.8 Å². The maximum atomic E-state index is 12.0. The fourth-order valence-corrected chi connectivity index (χ4v) is 3.09. The predicted octanol–water partition coefficient (Wildman–Crippen LogP) is 2.89. The molecule has 0 saturated carbocycles. The van der Waals surface area contributed by atoms with Crippen molar-refractivity contribution in [2.75, 3.05) is 24.7 Å². The first-order chi connectivity index (χ1) is 10.1. The van der Waals surface area contributed by atoms with E-state index in [0.717, 1.165) is 11.8 Å². The number of benzene rings is 1. The molecule has 7 heteroatoms. The van der Waals surface area contributed by atoms with E-state index in [2.05, 4.69) is 5.32 Å². The van der Waals surface area contributed by atoms with Crippen molar-refractivity contribution in [3.63, 3.8) is 0 Å². The lowest BCUT2D eigenvalue weighted by molar-refractivity contribution is -0.116. The van der Waals surface area contributed by atoms with Crippen molar-refractivity contribution in [3.8, 4) is 0 Å². The van der Waals surface area contributed by atoms with E-state index in [9.17, 15) is 13.2 Å². The SMILES string of the molecule is Cc1ccc(NC(=O)CCN(CC(C)C)S(C)(=O)=O)cc1Cl. The molecule has 0 aliphatic heterocycles. The van der Waals surface area contributed by atoms with Crippen molar-refractivity contribution >= 4 is 33.2 Å². The van der Waals surface area contributed by atoms with Gasteiger partial charge in [0.25, 0.3) is 0 Å². The minimum absolute atomic E-state index is 0.102. The smallest absolute Gasteiger partial charge is 0.225 e. The van der Waals surface area contributed by atoms with Gasteiger partial charge in [-0.1, -0.05) is 31.5 Å². The molecule has 5 nitrogen and oxygen atoms in total. The minimum atomic E-state index is -3.31. The molecule has 0 atom stereocenters. The summed E-state index contributed by atoms with van der Waals surface area (Å²) in [6, 6.07) is 5.26. The Morgan fingerprint density at radius 2 is 2.00 bits per heavy atom. The molecule has 22 heavy (non-hydrogen) atoms. The lowest BCUT2D eigenvalue weighted by Crippen LogP contribution is -2.35. The van der Waals surface area contributed by atoms with Crippen LogP contribution in [0, 0.1) is 12.8 Å². The Morgan fingerprint density at radius 3 is 2.50 bits per heavy atom. The first kappa shape index (κ1) is 18.9. The number of amides is 1. The normalized spacial score (nSPS) is 12.0. The van der Waals surface area contributed by atoms with E-state index in [1.165, 1.54) is 4.31 Å². The van der Waals surface area contributed by atoms with E-state index >= 15 is 0 Å². The molecule has 1 aromatic rings. The number of carbonyl (C=O) groups excluding carboxylic acids is 1. The Kier molecular flexibility index (Phi) is 6.84. The summed E-state index contributed by atoms with van der Waals surface area (Å²) in [7, 11) is -3.31. The van der Waals surface area contributed by atoms with Crippen molar-refractivity contribution in [3.05, 3.63) is 28.8 Å². The second kappa shape index (κ2) is 7.94. The van der Waals surface area contributed by atoms with E-state index in [1.807, 2.05) is 26.8 Å². The summed E-state index contributed by atoms with van der Waals surface area (Å²) in [4.78, 5) is 12.0. The zero-order valence-electron chi connectivity index (χ0n) is 13.4. The first-order valence-electron chi connectivity index (χ1n) is 7.10. The van der Waals surface area contributed by atoms with E-state index in [0.29, 0.717) is 17.3 Å². The number of aryl methyl sites for hydroxylation is 1. The third-order valence-electron chi connectivity index (χ3n) is 3.08. The minimum Gasteiger partial charge on any atom is -0.326 e. The predicted molar refractivity (Wildman–Crippen MR) is 90.7 cm³/mol. The first-order valence-corrected chi connectivity index (χ1v) is 9.33. The van der Waals surface area contributed by atoms with E-state index in [-0.39, 0.29) is 24.8 Å². The molecule has 1 N–H and O–H groups in total. The van der Waals surface area contributed by atoms with Crippen molar-refractivity contribution in [1.82, 2.24) is 4.31 Å². The number of halogens is 1.